The molecule has 1 aliphatic rings. The largest absolute Gasteiger partial charge is 0.484 e. The van der Waals surface area contributed by atoms with Gasteiger partial charge in [0.15, 0.2) is 6.61 Å². The second-order valence-electron chi connectivity index (χ2n) is 8.35. The molecule has 1 aliphatic carbocycles. The Bertz CT molecular complexity index is 877. The first kappa shape index (κ1) is 24.1. The summed E-state index contributed by atoms with van der Waals surface area (Å²) in [6.45, 7) is 4.23. The molecule has 0 heterocycles. The van der Waals surface area contributed by atoms with Crippen molar-refractivity contribution < 1.29 is 14.3 Å². The quantitative estimate of drug-likeness (QED) is 0.538. The fourth-order valence-corrected chi connectivity index (χ4v) is 4.25. The molecule has 2 aromatic rings. The van der Waals surface area contributed by atoms with Crippen LogP contribution in [0.2, 0.25) is 5.02 Å². The molecule has 0 aromatic heterocycles. The van der Waals surface area contributed by atoms with Crippen LogP contribution >= 0.6 is 11.6 Å². The van der Waals surface area contributed by atoms with Gasteiger partial charge in [-0.15, -0.1) is 0 Å². The van der Waals surface area contributed by atoms with Crippen LogP contribution in [0.4, 0.5) is 0 Å². The van der Waals surface area contributed by atoms with Crippen LogP contribution < -0.4 is 10.1 Å². The smallest absolute Gasteiger partial charge is 0.261 e. The number of benzene rings is 2. The molecule has 0 unspecified atom stereocenters. The second-order valence-corrected chi connectivity index (χ2v) is 8.78. The molecule has 0 bridgehead atoms. The number of carbonyl (C=O) groups excluding carboxylic acids is 2. The molecule has 1 N–H and O–H groups in total. The van der Waals surface area contributed by atoms with Crippen molar-refractivity contribution in [3.63, 3.8) is 0 Å². The molecule has 3 rings (SSSR count). The Morgan fingerprint density at radius 2 is 1.66 bits per heavy atom. The summed E-state index contributed by atoms with van der Waals surface area (Å²) in [7, 11) is 0. The van der Waals surface area contributed by atoms with Gasteiger partial charge in [-0.1, -0.05) is 62.6 Å². The predicted molar refractivity (Wildman–Crippen MR) is 128 cm³/mol. The minimum atomic E-state index is -0.551. The maximum atomic E-state index is 13.2. The highest BCUT2D eigenvalue weighted by Crippen LogP contribution is 2.20. The minimum absolute atomic E-state index is 0.0889. The fourth-order valence-electron chi connectivity index (χ4n) is 4.12. The van der Waals surface area contributed by atoms with E-state index in [1.54, 1.807) is 17.0 Å². The summed E-state index contributed by atoms with van der Waals surface area (Å²) in [4.78, 5) is 28.0. The molecule has 1 atom stereocenters. The second kappa shape index (κ2) is 11.9. The number of rotatable bonds is 10. The summed E-state index contributed by atoms with van der Waals surface area (Å²) in [6.07, 6.45) is 5.76. The van der Waals surface area contributed by atoms with Gasteiger partial charge in [-0.25, -0.2) is 0 Å². The Labute approximate surface area is 196 Å². The summed E-state index contributed by atoms with van der Waals surface area (Å²) < 4.78 is 5.77. The third-order valence-electron chi connectivity index (χ3n) is 6.05. The van der Waals surface area contributed by atoms with E-state index in [9.17, 15) is 9.59 Å². The van der Waals surface area contributed by atoms with Gasteiger partial charge in [0.05, 0.1) is 0 Å². The molecule has 6 heteroatoms. The molecular formula is C26H33ClN2O3. The third kappa shape index (κ3) is 6.73. The number of carbonyl (C=O) groups is 2. The van der Waals surface area contributed by atoms with Crippen LogP contribution in [-0.2, 0) is 22.6 Å². The number of amides is 2. The monoisotopic (exact) mass is 456 g/mol. The van der Waals surface area contributed by atoms with Crippen LogP contribution in [0.15, 0.2) is 48.5 Å². The van der Waals surface area contributed by atoms with Gasteiger partial charge in [-0.3, -0.25) is 9.59 Å². The number of hydrogen-bond donors (Lipinski definition) is 1. The van der Waals surface area contributed by atoms with E-state index in [0.29, 0.717) is 23.7 Å². The minimum Gasteiger partial charge on any atom is -0.484 e. The summed E-state index contributed by atoms with van der Waals surface area (Å²) in [5, 5.41) is 3.79. The molecule has 0 saturated heterocycles. The van der Waals surface area contributed by atoms with E-state index in [-0.39, 0.29) is 24.5 Å². The average Bonchev–Trinajstić information content (AvgIpc) is 3.32. The zero-order valence-electron chi connectivity index (χ0n) is 19.0. The lowest BCUT2D eigenvalue weighted by molar-refractivity contribution is -0.143. The van der Waals surface area contributed by atoms with Gasteiger partial charge in [0.25, 0.3) is 5.91 Å². The summed E-state index contributed by atoms with van der Waals surface area (Å²) in [5.41, 5.74) is 2.13. The van der Waals surface area contributed by atoms with Gasteiger partial charge in [-0.2, -0.15) is 0 Å². The van der Waals surface area contributed by atoms with E-state index in [0.717, 1.165) is 37.7 Å². The summed E-state index contributed by atoms with van der Waals surface area (Å²) >= 11 is 6.02. The van der Waals surface area contributed by atoms with Crippen LogP contribution in [0.25, 0.3) is 0 Å². The third-order valence-corrected chi connectivity index (χ3v) is 6.30. The maximum absolute atomic E-state index is 13.2. The molecule has 0 spiro atoms. The molecule has 5 nitrogen and oxygen atoms in total. The van der Waals surface area contributed by atoms with Crippen LogP contribution in [0.5, 0.6) is 5.75 Å². The van der Waals surface area contributed by atoms with Crippen molar-refractivity contribution in [3.8, 4) is 5.75 Å². The van der Waals surface area contributed by atoms with Crippen molar-refractivity contribution in [2.75, 3.05) is 6.61 Å². The first-order valence-electron chi connectivity index (χ1n) is 11.6. The summed E-state index contributed by atoms with van der Waals surface area (Å²) in [5.74, 6) is 0.340. The Morgan fingerprint density at radius 1 is 1.03 bits per heavy atom. The molecular weight excluding hydrogens is 424 g/mol. The van der Waals surface area contributed by atoms with Crippen molar-refractivity contribution in [2.45, 2.75) is 71.0 Å². The zero-order chi connectivity index (χ0) is 22.9. The van der Waals surface area contributed by atoms with Gasteiger partial charge in [0, 0.05) is 17.6 Å². The van der Waals surface area contributed by atoms with Crippen LogP contribution in [0.3, 0.4) is 0 Å². The maximum Gasteiger partial charge on any atom is 0.261 e. The lowest BCUT2D eigenvalue weighted by atomic mass is 10.1. The van der Waals surface area contributed by atoms with Crippen molar-refractivity contribution in [1.29, 1.82) is 0 Å². The van der Waals surface area contributed by atoms with Gasteiger partial charge in [-0.05, 0) is 61.1 Å². The first-order chi connectivity index (χ1) is 15.5. The van der Waals surface area contributed by atoms with Gasteiger partial charge >= 0.3 is 0 Å². The fraction of sp³-hybridized carbons (Fsp3) is 0.462. The van der Waals surface area contributed by atoms with Gasteiger partial charge in [0.1, 0.15) is 11.8 Å². The van der Waals surface area contributed by atoms with E-state index in [1.807, 2.05) is 43.3 Å². The van der Waals surface area contributed by atoms with Crippen LogP contribution in [0, 0.1) is 0 Å². The highest BCUT2D eigenvalue weighted by atomic mass is 35.5. The first-order valence-corrected chi connectivity index (χ1v) is 11.9. The van der Waals surface area contributed by atoms with Gasteiger partial charge < -0.3 is 15.0 Å². The number of ether oxygens (including phenoxy) is 1. The highest BCUT2D eigenvalue weighted by molar-refractivity contribution is 6.30. The van der Waals surface area contributed by atoms with Crippen molar-refractivity contribution >= 4 is 23.4 Å². The van der Waals surface area contributed by atoms with Crippen molar-refractivity contribution in [3.05, 3.63) is 64.7 Å². The molecule has 2 aromatic carbocycles. The van der Waals surface area contributed by atoms with E-state index in [4.69, 9.17) is 16.3 Å². The number of aryl methyl sites for hydroxylation is 1. The number of hydrogen-bond acceptors (Lipinski definition) is 3. The van der Waals surface area contributed by atoms with E-state index < -0.39 is 6.04 Å². The Morgan fingerprint density at radius 3 is 2.25 bits per heavy atom. The number of nitrogens with zero attached hydrogens (tertiary/aromatic N) is 1. The molecule has 2 amide bonds. The van der Waals surface area contributed by atoms with Crippen molar-refractivity contribution in [2.24, 2.45) is 0 Å². The average molecular weight is 457 g/mol. The normalized spacial score (nSPS) is 14.7. The molecule has 1 fully saturated rings. The predicted octanol–water partition coefficient (Wildman–Crippen LogP) is 5.15. The summed E-state index contributed by atoms with van der Waals surface area (Å²) in [6, 6.07) is 14.8. The van der Waals surface area contributed by atoms with Crippen LogP contribution in [0.1, 0.15) is 57.1 Å². The standard InChI is InChI=1S/C26H33ClN2O3/c1-3-19-11-15-23(16-12-19)32-18-25(30)29(17-20-9-13-21(27)14-10-20)24(4-2)26(31)28-22-7-5-6-8-22/h9-16,22,24H,3-8,17-18H2,1-2H3,(H,28,31)/t24-/m0/s1. The van der Waals surface area contributed by atoms with E-state index >= 15 is 0 Å². The number of halogens is 1. The van der Waals surface area contributed by atoms with Gasteiger partial charge in [0.2, 0.25) is 5.91 Å². The Balaban J connectivity index is 1.73. The molecule has 0 radical (unpaired) electrons. The Kier molecular flexibility index (Phi) is 8.98. The lowest BCUT2D eigenvalue weighted by Gasteiger charge is -2.31. The number of nitrogens with one attached hydrogen (secondary N) is 1. The molecule has 32 heavy (non-hydrogen) atoms. The molecule has 1 saturated carbocycles. The molecule has 172 valence electrons. The Hall–Kier alpha value is -2.53. The van der Waals surface area contributed by atoms with Crippen molar-refractivity contribution in [1.82, 2.24) is 10.2 Å². The zero-order valence-corrected chi connectivity index (χ0v) is 19.7. The van der Waals surface area contributed by atoms with E-state index in [1.165, 1.54) is 5.56 Å². The lowest BCUT2D eigenvalue weighted by Crippen LogP contribution is -2.52. The van der Waals surface area contributed by atoms with E-state index in [2.05, 4.69) is 12.2 Å². The van der Waals surface area contributed by atoms with Crippen LogP contribution in [-0.4, -0.2) is 35.4 Å². The molecule has 0 aliphatic heterocycles. The SMILES string of the molecule is CCc1ccc(OCC(=O)N(Cc2ccc(Cl)cc2)[C@@H](CC)C(=O)NC2CCCC2)cc1. The topological polar surface area (TPSA) is 58.6 Å². The highest BCUT2D eigenvalue weighted by Gasteiger charge is 2.30.